The van der Waals surface area contributed by atoms with Gasteiger partial charge in [0.15, 0.2) is 4.90 Å². The predicted molar refractivity (Wildman–Crippen MR) is 150 cm³/mol. The number of rotatable bonds is 16. The summed E-state index contributed by atoms with van der Waals surface area (Å²) in [5.74, 6) is 1.45. The maximum absolute atomic E-state index is 10.4. The van der Waals surface area contributed by atoms with E-state index in [9.17, 15) is 13.0 Å². The van der Waals surface area contributed by atoms with Crippen LogP contribution < -0.4 is 0 Å². The molecule has 1 unspecified atom stereocenters. The lowest BCUT2D eigenvalue weighted by Crippen LogP contribution is -2.13. The molecule has 0 amide bonds. The van der Waals surface area contributed by atoms with Crippen LogP contribution in [0.5, 0.6) is 0 Å². The second-order valence-electron chi connectivity index (χ2n) is 9.80. The third kappa shape index (κ3) is 13.5. The highest BCUT2D eigenvalue weighted by Gasteiger charge is 2.41. The van der Waals surface area contributed by atoms with Gasteiger partial charge in [-0.25, -0.2) is 8.42 Å². The summed E-state index contributed by atoms with van der Waals surface area (Å²) in [4.78, 5) is 1.45. The molecule has 0 N–H and O–H groups in total. The maximum atomic E-state index is 10.4. The van der Waals surface area contributed by atoms with E-state index in [1.54, 1.807) is 17.0 Å². The van der Waals surface area contributed by atoms with Crippen molar-refractivity contribution in [3.63, 3.8) is 0 Å². The van der Waals surface area contributed by atoms with E-state index in [1.807, 2.05) is 6.92 Å². The standard InChI is InChI=1S/C23H39S.C7H8O3S/c1-2-3-4-5-6-7-8-9-10-11-12-16-21-24(23-19-20-23)22-17-14-13-15-18-22;1-6-2-4-7(5-3-6)11(8,9)10/h13-15,17-18,23H,2-12,16,19-21H2,1H3;2-5H,1H3,(H,8,9,10)/q+1;/p-1. The first-order valence-electron chi connectivity index (χ1n) is 13.7. The highest BCUT2D eigenvalue weighted by atomic mass is 32.2. The summed E-state index contributed by atoms with van der Waals surface area (Å²) in [6, 6.07) is 17.1. The van der Waals surface area contributed by atoms with E-state index in [4.69, 9.17) is 0 Å². The Hall–Kier alpha value is -1.30. The average Bonchev–Trinajstić information content (AvgIpc) is 3.68. The molecule has 0 bridgehead atoms. The molecule has 35 heavy (non-hydrogen) atoms. The fourth-order valence-corrected chi connectivity index (χ4v) is 7.38. The zero-order valence-electron chi connectivity index (χ0n) is 21.9. The van der Waals surface area contributed by atoms with Crippen molar-refractivity contribution in [1.29, 1.82) is 0 Å². The number of aryl methyl sites for hydroxylation is 1. The normalized spacial score (nSPS) is 14.3. The third-order valence-electron chi connectivity index (χ3n) is 6.50. The van der Waals surface area contributed by atoms with Crippen LogP contribution in [0.1, 0.15) is 102 Å². The van der Waals surface area contributed by atoms with E-state index in [-0.39, 0.29) is 4.90 Å². The van der Waals surface area contributed by atoms with Crippen LogP contribution in [0.15, 0.2) is 64.4 Å². The van der Waals surface area contributed by atoms with Gasteiger partial charge in [-0.2, -0.15) is 0 Å². The Morgan fingerprint density at radius 1 is 0.743 bits per heavy atom. The van der Waals surface area contributed by atoms with E-state index in [2.05, 4.69) is 37.3 Å². The van der Waals surface area contributed by atoms with Gasteiger partial charge < -0.3 is 4.55 Å². The quantitative estimate of drug-likeness (QED) is 0.127. The van der Waals surface area contributed by atoms with E-state index in [0.29, 0.717) is 10.9 Å². The van der Waals surface area contributed by atoms with Crippen LogP contribution in [0.2, 0.25) is 0 Å². The summed E-state index contributed by atoms with van der Waals surface area (Å²) in [6.45, 7) is 4.12. The topological polar surface area (TPSA) is 57.2 Å². The van der Waals surface area contributed by atoms with Crippen molar-refractivity contribution in [2.24, 2.45) is 0 Å². The van der Waals surface area contributed by atoms with Gasteiger partial charge in [0.05, 0.1) is 4.90 Å². The number of hydrogen-bond acceptors (Lipinski definition) is 3. The van der Waals surface area contributed by atoms with Crippen molar-refractivity contribution in [3.05, 3.63) is 60.2 Å². The van der Waals surface area contributed by atoms with E-state index in [1.165, 1.54) is 108 Å². The zero-order chi connectivity index (χ0) is 25.4. The zero-order valence-corrected chi connectivity index (χ0v) is 23.6. The Morgan fingerprint density at radius 3 is 1.69 bits per heavy atom. The van der Waals surface area contributed by atoms with Crippen LogP contribution in [-0.4, -0.2) is 24.0 Å². The number of unbranched alkanes of at least 4 members (excludes halogenated alkanes) is 11. The Balaban J connectivity index is 0.000000328. The monoisotopic (exact) mass is 518 g/mol. The molecule has 1 saturated carbocycles. The van der Waals surface area contributed by atoms with Crippen LogP contribution in [0.4, 0.5) is 0 Å². The molecule has 3 rings (SSSR count). The third-order valence-corrected chi connectivity index (χ3v) is 10.2. The van der Waals surface area contributed by atoms with Gasteiger partial charge in [0.2, 0.25) is 0 Å². The number of benzene rings is 2. The highest BCUT2D eigenvalue weighted by Crippen LogP contribution is 2.36. The summed E-state index contributed by atoms with van der Waals surface area (Å²) in [7, 11) is -3.71. The molecule has 0 radical (unpaired) electrons. The molecular formula is C30H46O3S2. The SMILES string of the molecule is CCCCCCCCCCCCCC[S+](c1ccccc1)C1CC1.Cc1ccc(S(=O)(=O)[O-])cc1. The Bertz CT molecular complexity index is 891. The molecular weight excluding hydrogens is 472 g/mol. The molecule has 196 valence electrons. The number of hydrogen-bond donors (Lipinski definition) is 0. The largest absolute Gasteiger partial charge is 0.744 e. The Labute approximate surface area is 218 Å². The lowest BCUT2D eigenvalue weighted by molar-refractivity contribution is 0.463. The van der Waals surface area contributed by atoms with Crippen LogP contribution in [0.3, 0.4) is 0 Å². The van der Waals surface area contributed by atoms with Gasteiger partial charge in [-0.1, -0.05) is 107 Å². The smallest absolute Gasteiger partial charge is 0.155 e. The predicted octanol–water partition coefficient (Wildman–Crippen LogP) is 8.43. The van der Waals surface area contributed by atoms with Crippen molar-refractivity contribution in [3.8, 4) is 0 Å². The van der Waals surface area contributed by atoms with Crippen LogP contribution in [-0.2, 0) is 21.0 Å². The lowest BCUT2D eigenvalue weighted by atomic mass is 10.1. The fraction of sp³-hybridized carbons (Fsp3) is 0.600. The second-order valence-corrected chi connectivity index (χ2v) is 13.6. The second kappa shape index (κ2) is 17.2. The average molecular weight is 519 g/mol. The molecule has 0 aromatic heterocycles. The molecule has 1 aliphatic rings. The van der Waals surface area contributed by atoms with E-state index in [0.717, 1.165) is 10.8 Å². The molecule has 1 aliphatic carbocycles. The van der Waals surface area contributed by atoms with Crippen LogP contribution >= 0.6 is 0 Å². The van der Waals surface area contributed by atoms with Gasteiger partial charge in [-0.3, -0.25) is 0 Å². The molecule has 3 nitrogen and oxygen atoms in total. The minimum atomic E-state index is -4.27. The molecule has 0 spiro atoms. The first-order valence-corrected chi connectivity index (χ1v) is 16.6. The van der Waals surface area contributed by atoms with E-state index < -0.39 is 10.1 Å². The van der Waals surface area contributed by atoms with Gasteiger partial charge in [0, 0.05) is 23.7 Å². The lowest BCUT2D eigenvalue weighted by Gasteiger charge is -2.07. The van der Waals surface area contributed by atoms with Crippen molar-refractivity contribution in [1.82, 2.24) is 0 Å². The molecule has 0 saturated heterocycles. The summed E-state index contributed by atoms with van der Waals surface area (Å²) in [6.07, 6.45) is 20.4. The van der Waals surface area contributed by atoms with Crippen molar-refractivity contribution < 1.29 is 13.0 Å². The minimum Gasteiger partial charge on any atom is -0.744 e. The van der Waals surface area contributed by atoms with Crippen molar-refractivity contribution >= 4 is 21.0 Å². The van der Waals surface area contributed by atoms with Crippen molar-refractivity contribution in [2.75, 3.05) is 5.75 Å². The minimum absolute atomic E-state index is 0.178. The molecule has 1 fully saturated rings. The van der Waals surface area contributed by atoms with Crippen LogP contribution in [0.25, 0.3) is 0 Å². The fourth-order valence-electron chi connectivity index (χ4n) is 4.23. The first-order chi connectivity index (χ1) is 16.9. The van der Waals surface area contributed by atoms with Gasteiger partial charge in [0.25, 0.3) is 0 Å². The Kier molecular flexibility index (Phi) is 14.7. The molecule has 5 heteroatoms. The van der Waals surface area contributed by atoms with Gasteiger partial charge in [-0.15, -0.1) is 0 Å². The molecule has 0 heterocycles. The highest BCUT2D eigenvalue weighted by molar-refractivity contribution is 7.97. The summed E-state index contributed by atoms with van der Waals surface area (Å²) >= 11 is 0. The summed E-state index contributed by atoms with van der Waals surface area (Å²) in [5.41, 5.74) is 0.928. The first kappa shape index (κ1) is 29.9. The summed E-state index contributed by atoms with van der Waals surface area (Å²) < 4.78 is 31.2. The van der Waals surface area contributed by atoms with E-state index >= 15 is 0 Å². The van der Waals surface area contributed by atoms with Gasteiger partial charge in [-0.05, 0) is 44.0 Å². The molecule has 0 aliphatic heterocycles. The van der Waals surface area contributed by atoms with Crippen LogP contribution in [0, 0.1) is 6.92 Å². The Morgan fingerprint density at radius 2 is 1.23 bits per heavy atom. The molecule has 1 atom stereocenters. The van der Waals surface area contributed by atoms with Crippen molar-refractivity contribution in [2.45, 2.75) is 119 Å². The van der Waals surface area contributed by atoms with Gasteiger partial charge >= 0.3 is 0 Å². The maximum Gasteiger partial charge on any atom is 0.155 e. The summed E-state index contributed by atoms with van der Waals surface area (Å²) in [5, 5.41) is 1.03. The molecule has 2 aromatic carbocycles. The molecule has 2 aromatic rings. The van der Waals surface area contributed by atoms with Gasteiger partial charge in [0.1, 0.15) is 21.1 Å².